The number of carbonyl (C=O) groups excluding carboxylic acids is 1. The molecule has 0 radical (unpaired) electrons. The summed E-state index contributed by atoms with van der Waals surface area (Å²) < 4.78 is 39.3. The number of sulfonamides is 1. The van der Waals surface area contributed by atoms with Crippen molar-refractivity contribution >= 4 is 26.7 Å². The van der Waals surface area contributed by atoms with E-state index in [-0.39, 0.29) is 29.5 Å². The number of rotatable bonds is 8. The van der Waals surface area contributed by atoms with Gasteiger partial charge in [-0.05, 0) is 42.5 Å². The van der Waals surface area contributed by atoms with Crippen molar-refractivity contribution in [2.45, 2.75) is 17.7 Å². The van der Waals surface area contributed by atoms with Crippen molar-refractivity contribution in [3.8, 4) is 11.5 Å². The first-order valence-electron chi connectivity index (χ1n) is 10.6. The molecular formula is C24H26N2O5S. The van der Waals surface area contributed by atoms with E-state index in [1.165, 1.54) is 25.3 Å². The highest BCUT2D eigenvalue weighted by Gasteiger charge is 2.25. The van der Waals surface area contributed by atoms with E-state index in [1.54, 1.807) is 4.90 Å². The topological polar surface area (TPSA) is 84.9 Å². The summed E-state index contributed by atoms with van der Waals surface area (Å²) in [4.78, 5) is 14.6. The molecule has 1 aliphatic rings. The Labute approximate surface area is 188 Å². The van der Waals surface area contributed by atoms with Gasteiger partial charge in [0.2, 0.25) is 10.0 Å². The van der Waals surface area contributed by atoms with Gasteiger partial charge in [-0.1, -0.05) is 36.4 Å². The third kappa shape index (κ3) is 4.71. The van der Waals surface area contributed by atoms with Crippen molar-refractivity contribution in [1.82, 2.24) is 9.62 Å². The predicted octanol–water partition coefficient (Wildman–Crippen LogP) is 3.44. The summed E-state index contributed by atoms with van der Waals surface area (Å²) >= 11 is 0. The van der Waals surface area contributed by atoms with E-state index >= 15 is 0 Å². The smallest absolute Gasteiger partial charge is 0.257 e. The second-order valence-corrected chi connectivity index (χ2v) is 9.35. The van der Waals surface area contributed by atoms with Crippen molar-refractivity contribution in [2.75, 3.05) is 33.4 Å². The standard InChI is InChI=1S/C24H26N2O5S/c1-30-22-12-11-19(17-21(22)24(27)26-14-4-5-15-26)32(28,29)25-13-16-31-23-10-6-8-18-7-2-3-9-20(18)23/h2-3,6-12,17,25H,4-5,13-16H2,1H3. The molecule has 1 aliphatic heterocycles. The summed E-state index contributed by atoms with van der Waals surface area (Å²) in [5, 5.41) is 2.03. The highest BCUT2D eigenvalue weighted by Crippen LogP contribution is 2.26. The summed E-state index contributed by atoms with van der Waals surface area (Å²) in [5.74, 6) is 0.848. The number of amides is 1. The van der Waals surface area contributed by atoms with Gasteiger partial charge < -0.3 is 14.4 Å². The number of ether oxygens (including phenoxy) is 2. The van der Waals surface area contributed by atoms with E-state index in [9.17, 15) is 13.2 Å². The Balaban J connectivity index is 1.44. The molecule has 0 bridgehead atoms. The molecule has 3 aromatic carbocycles. The Morgan fingerprint density at radius 3 is 2.53 bits per heavy atom. The van der Waals surface area contributed by atoms with Gasteiger partial charge in [0.05, 0.1) is 17.6 Å². The van der Waals surface area contributed by atoms with Crippen LogP contribution in [-0.4, -0.2) is 52.6 Å². The number of methoxy groups -OCH3 is 1. The number of nitrogens with zero attached hydrogens (tertiary/aromatic N) is 1. The zero-order chi connectivity index (χ0) is 22.6. The highest BCUT2D eigenvalue weighted by atomic mass is 32.2. The third-order valence-corrected chi connectivity index (χ3v) is 6.96. The van der Waals surface area contributed by atoms with Crippen molar-refractivity contribution in [2.24, 2.45) is 0 Å². The van der Waals surface area contributed by atoms with Crippen LogP contribution in [0.1, 0.15) is 23.2 Å². The first-order chi connectivity index (χ1) is 15.5. The minimum Gasteiger partial charge on any atom is -0.496 e. The summed E-state index contributed by atoms with van der Waals surface area (Å²) in [5.41, 5.74) is 0.254. The number of fused-ring (bicyclic) bond motifs is 1. The fraction of sp³-hybridized carbons (Fsp3) is 0.292. The van der Waals surface area contributed by atoms with E-state index in [2.05, 4.69) is 4.72 Å². The van der Waals surface area contributed by atoms with Crippen LogP contribution in [0.15, 0.2) is 65.6 Å². The number of likely N-dealkylation sites (tertiary alicyclic amines) is 1. The van der Waals surface area contributed by atoms with Gasteiger partial charge in [0.15, 0.2) is 0 Å². The molecule has 0 aliphatic carbocycles. The van der Waals surface area contributed by atoms with Gasteiger partial charge in [0.25, 0.3) is 5.91 Å². The second-order valence-electron chi connectivity index (χ2n) is 7.58. The van der Waals surface area contributed by atoms with Crippen LogP contribution in [0.2, 0.25) is 0 Å². The monoisotopic (exact) mass is 454 g/mol. The number of hydrogen-bond donors (Lipinski definition) is 1. The molecule has 1 heterocycles. The van der Waals surface area contributed by atoms with E-state index < -0.39 is 10.0 Å². The van der Waals surface area contributed by atoms with Gasteiger partial charge in [-0.15, -0.1) is 0 Å². The quantitative estimate of drug-likeness (QED) is 0.527. The van der Waals surface area contributed by atoms with Crippen LogP contribution in [0.5, 0.6) is 11.5 Å². The SMILES string of the molecule is COc1ccc(S(=O)(=O)NCCOc2cccc3ccccc23)cc1C(=O)N1CCCC1. The zero-order valence-corrected chi connectivity index (χ0v) is 18.7. The van der Waals surface area contributed by atoms with Crippen LogP contribution in [0.4, 0.5) is 0 Å². The molecule has 3 aromatic rings. The molecule has 1 fully saturated rings. The molecule has 32 heavy (non-hydrogen) atoms. The second kappa shape index (κ2) is 9.58. The molecule has 4 rings (SSSR count). The third-order valence-electron chi connectivity index (χ3n) is 5.51. The van der Waals surface area contributed by atoms with E-state index in [0.29, 0.717) is 24.6 Å². The summed E-state index contributed by atoms with van der Waals surface area (Å²) in [6, 6.07) is 17.9. The zero-order valence-electron chi connectivity index (χ0n) is 17.9. The van der Waals surface area contributed by atoms with E-state index in [1.807, 2.05) is 42.5 Å². The molecule has 0 saturated carbocycles. The Morgan fingerprint density at radius 2 is 1.75 bits per heavy atom. The largest absolute Gasteiger partial charge is 0.496 e. The normalized spacial score (nSPS) is 14.0. The molecule has 0 spiro atoms. The molecule has 1 amide bonds. The maximum absolute atomic E-state index is 12.8. The first-order valence-corrected chi connectivity index (χ1v) is 12.1. The lowest BCUT2D eigenvalue weighted by atomic mass is 10.1. The van der Waals surface area contributed by atoms with Gasteiger partial charge >= 0.3 is 0 Å². The molecular weight excluding hydrogens is 428 g/mol. The van der Waals surface area contributed by atoms with Gasteiger partial charge in [-0.3, -0.25) is 4.79 Å². The van der Waals surface area contributed by atoms with Crippen LogP contribution in [0.3, 0.4) is 0 Å². The lowest BCUT2D eigenvalue weighted by Crippen LogP contribution is -2.30. The molecule has 0 aromatic heterocycles. The van der Waals surface area contributed by atoms with Crippen molar-refractivity contribution in [3.05, 3.63) is 66.2 Å². The highest BCUT2D eigenvalue weighted by molar-refractivity contribution is 7.89. The van der Waals surface area contributed by atoms with Crippen LogP contribution >= 0.6 is 0 Å². The Bertz CT molecular complexity index is 1210. The molecule has 1 saturated heterocycles. The fourth-order valence-corrected chi connectivity index (χ4v) is 4.89. The average Bonchev–Trinajstić information content (AvgIpc) is 3.36. The summed E-state index contributed by atoms with van der Waals surface area (Å²) in [6.45, 7) is 1.60. The van der Waals surface area contributed by atoms with Crippen LogP contribution < -0.4 is 14.2 Å². The predicted molar refractivity (Wildman–Crippen MR) is 123 cm³/mol. The number of carbonyl (C=O) groups is 1. The fourth-order valence-electron chi connectivity index (χ4n) is 3.85. The minimum absolute atomic E-state index is 0.0195. The lowest BCUT2D eigenvalue weighted by molar-refractivity contribution is 0.0789. The van der Waals surface area contributed by atoms with Crippen LogP contribution in [-0.2, 0) is 10.0 Å². The molecule has 1 N–H and O–H groups in total. The number of nitrogens with one attached hydrogen (secondary N) is 1. The molecule has 7 nitrogen and oxygen atoms in total. The van der Waals surface area contributed by atoms with Gasteiger partial charge in [0.1, 0.15) is 18.1 Å². The summed E-state index contributed by atoms with van der Waals surface area (Å²) in [6.07, 6.45) is 1.90. The molecule has 8 heteroatoms. The molecule has 0 unspecified atom stereocenters. The Morgan fingerprint density at radius 1 is 1.00 bits per heavy atom. The first kappa shape index (κ1) is 22.1. The van der Waals surface area contributed by atoms with Crippen LogP contribution in [0.25, 0.3) is 10.8 Å². The summed E-state index contributed by atoms with van der Waals surface area (Å²) in [7, 11) is -2.35. The Hall–Kier alpha value is -3.10. The molecule has 0 atom stereocenters. The number of benzene rings is 3. The average molecular weight is 455 g/mol. The van der Waals surface area contributed by atoms with Crippen molar-refractivity contribution in [3.63, 3.8) is 0 Å². The van der Waals surface area contributed by atoms with E-state index in [0.717, 1.165) is 23.6 Å². The molecule has 168 valence electrons. The lowest BCUT2D eigenvalue weighted by Gasteiger charge is -2.18. The van der Waals surface area contributed by atoms with Gasteiger partial charge in [-0.2, -0.15) is 0 Å². The minimum atomic E-state index is -3.82. The maximum atomic E-state index is 12.8. The number of hydrogen-bond acceptors (Lipinski definition) is 5. The van der Waals surface area contributed by atoms with E-state index in [4.69, 9.17) is 9.47 Å². The van der Waals surface area contributed by atoms with Crippen molar-refractivity contribution in [1.29, 1.82) is 0 Å². The Kier molecular flexibility index (Phi) is 6.62. The maximum Gasteiger partial charge on any atom is 0.257 e. The van der Waals surface area contributed by atoms with Gasteiger partial charge in [0, 0.05) is 25.0 Å². The van der Waals surface area contributed by atoms with Crippen molar-refractivity contribution < 1.29 is 22.7 Å². The van der Waals surface area contributed by atoms with Gasteiger partial charge in [-0.25, -0.2) is 13.1 Å². The van der Waals surface area contributed by atoms with Crippen LogP contribution in [0, 0.1) is 0 Å².